The number of carbonyl (C=O) groups is 1. The average molecular weight is 349 g/mol. The van der Waals surface area contributed by atoms with Crippen LogP contribution in [-0.2, 0) is 16.1 Å². The lowest BCUT2D eigenvalue weighted by Gasteiger charge is -2.30. The van der Waals surface area contributed by atoms with E-state index in [2.05, 4.69) is 11.8 Å². The minimum atomic E-state index is -0.114. The number of rotatable bonds is 4. The molecule has 2 aromatic rings. The Labute approximate surface area is 154 Å². The lowest BCUT2D eigenvalue weighted by atomic mass is 10.1. The largest absolute Gasteiger partial charge is 0.496 e. The summed E-state index contributed by atoms with van der Waals surface area (Å²) in [6.07, 6.45) is 1.81. The number of benzene rings is 2. The van der Waals surface area contributed by atoms with Crippen molar-refractivity contribution in [1.29, 1.82) is 0 Å². The first-order valence-corrected chi connectivity index (χ1v) is 8.86. The van der Waals surface area contributed by atoms with Crippen LogP contribution in [0.5, 0.6) is 5.75 Å². The highest BCUT2D eigenvalue weighted by Gasteiger charge is 2.22. The van der Waals surface area contributed by atoms with Gasteiger partial charge in [0.2, 0.25) is 0 Å². The second-order valence-corrected chi connectivity index (χ2v) is 6.23. The Kier molecular flexibility index (Phi) is 6.29. The zero-order valence-electron chi connectivity index (χ0n) is 15.0. The summed E-state index contributed by atoms with van der Waals surface area (Å²) in [5.41, 5.74) is 1.90. The van der Waals surface area contributed by atoms with E-state index in [0.29, 0.717) is 19.7 Å². The molecule has 2 aromatic carbocycles. The van der Waals surface area contributed by atoms with Crippen molar-refractivity contribution in [3.05, 3.63) is 65.7 Å². The Morgan fingerprint density at radius 3 is 2.50 bits per heavy atom. The van der Waals surface area contributed by atoms with Gasteiger partial charge in [-0.15, -0.1) is 0 Å². The molecule has 0 bridgehead atoms. The molecule has 1 amide bonds. The van der Waals surface area contributed by atoms with E-state index in [0.717, 1.165) is 29.7 Å². The van der Waals surface area contributed by atoms with Gasteiger partial charge in [0.05, 0.1) is 19.8 Å². The number of piperidine rings is 1. The van der Waals surface area contributed by atoms with Crippen LogP contribution in [0.15, 0.2) is 54.6 Å². The molecule has 1 heterocycles. The molecule has 0 N–H and O–H groups in total. The van der Waals surface area contributed by atoms with Crippen molar-refractivity contribution in [3.8, 4) is 17.6 Å². The van der Waals surface area contributed by atoms with Gasteiger partial charge in [0, 0.05) is 30.1 Å². The number of carbonyl (C=O) groups excluding carboxylic acids is 1. The first-order valence-electron chi connectivity index (χ1n) is 8.86. The molecule has 0 aromatic heterocycles. The van der Waals surface area contributed by atoms with Crippen LogP contribution in [-0.4, -0.2) is 37.1 Å². The normalized spacial score (nSPS) is 14.4. The van der Waals surface area contributed by atoms with Gasteiger partial charge in [-0.3, -0.25) is 4.79 Å². The topological polar surface area (TPSA) is 38.8 Å². The van der Waals surface area contributed by atoms with Gasteiger partial charge in [-0.25, -0.2) is 0 Å². The number of amides is 1. The minimum Gasteiger partial charge on any atom is -0.496 e. The molecule has 1 aliphatic rings. The molecule has 0 spiro atoms. The summed E-state index contributed by atoms with van der Waals surface area (Å²) in [6, 6.07) is 17.4. The number of hydrogen-bond donors (Lipinski definition) is 0. The van der Waals surface area contributed by atoms with Crippen molar-refractivity contribution in [3.63, 3.8) is 0 Å². The monoisotopic (exact) mass is 349 g/mol. The van der Waals surface area contributed by atoms with E-state index in [1.165, 1.54) is 0 Å². The Morgan fingerprint density at radius 1 is 1.08 bits per heavy atom. The number of methoxy groups -OCH3 is 1. The fourth-order valence-electron chi connectivity index (χ4n) is 2.98. The minimum absolute atomic E-state index is 0.114. The average Bonchev–Trinajstić information content (AvgIpc) is 2.72. The van der Waals surface area contributed by atoms with E-state index in [1.807, 2.05) is 54.6 Å². The molecule has 0 unspecified atom stereocenters. The quantitative estimate of drug-likeness (QED) is 0.796. The van der Waals surface area contributed by atoms with Crippen LogP contribution in [0.25, 0.3) is 0 Å². The molecule has 26 heavy (non-hydrogen) atoms. The number of nitrogens with zero attached hydrogens (tertiary/aromatic N) is 1. The van der Waals surface area contributed by atoms with Gasteiger partial charge in [-0.1, -0.05) is 42.3 Å². The third kappa shape index (κ3) is 4.87. The van der Waals surface area contributed by atoms with Gasteiger partial charge in [-0.05, 0) is 31.0 Å². The van der Waals surface area contributed by atoms with E-state index in [9.17, 15) is 4.79 Å². The summed E-state index contributed by atoms with van der Waals surface area (Å²) in [5, 5.41) is 0. The van der Waals surface area contributed by atoms with Gasteiger partial charge in [0.15, 0.2) is 0 Å². The number of hydrogen-bond acceptors (Lipinski definition) is 3. The Morgan fingerprint density at radius 2 is 1.77 bits per heavy atom. The number of para-hydroxylation sites is 1. The molecule has 1 fully saturated rings. The second kappa shape index (κ2) is 9.07. The lowest BCUT2D eigenvalue weighted by molar-refractivity contribution is -0.127. The Bertz CT molecular complexity index is 784. The summed E-state index contributed by atoms with van der Waals surface area (Å²) < 4.78 is 11.4. The van der Waals surface area contributed by atoms with Gasteiger partial charge in [0.1, 0.15) is 5.75 Å². The molecule has 0 radical (unpaired) electrons. The Balaban J connectivity index is 1.47. The summed E-state index contributed by atoms with van der Waals surface area (Å²) in [7, 11) is 1.67. The van der Waals surface area contributed by atoms with Crippen molar-refractivity contribution >= 4 is 5.91 Å². The third-order valence-electron chi connectivity index (χ3n) is 4.48. The molecule has 4 nitrogen and oxygen atoms in total. The summed E-state index contributed by atoms with van der Waals surface area (Å²) in [6.45, 7) is 1.88. The van der Waals surface area contributed by atoms with Crippen LogP contribution in [0.2, 0.25) is 0 Å². The van der Waals surface area contributed by atoms with Gasteiger partial charge in [0.25, 0.3) is 5.91 Å². The number of ether oxygens (including phenoxy) is 2. The smallest absolute Gasteiger partial charge is 0.298 e. The van der Waals surface area contributed by atoms with Crippen molar-refractivity contribution in [2.24, 2.45) is 0 Å². The fourth-order valence-corrected chi connectivity index (χ4v) is 2.98. The van der Waals surface area contributed by atoms with Crippen molar-refractivity contribution in [2.75, 3.05) is 20.2 Å². The first-order chi connectivity index (χ1) is 12.8. The maximum Gasteiger partial charge on any atom is 0.298 e. The SMILES string of the molecule is COc1ccccc1COC1CCN(C(=O)C#Cc2ccccc2)CC1. The highest BCUT2D eigenvalue weighted by atomic mass is 16.5. The molecule has 4 heteroatoms. The third-order valence-corrected chi connectivity index (χ3v) is 4.48. The van der Waals surface area contributed by atoms with Gasteiger partial charge in [-0.2, -0.15) is 0 Å². The van der Waals surface area contributed by atoms with Crippen molar-refractivity contribution < 1.29 is 14.3 Å². The molecule has 3 rings (SSSR count). The highest BCUT2D eigenvalue weighted by Crippen LogP contribution is 2.21. The van der Waals surface area contributed by atoms with Crippen LogP contribution in [0, 0.1) is 11.8 Å². The van der Waals surface area contributed by atoms with Crippen molar-refractivity contribution in [1.82, 2.24) is 4.90 Å². The van der Waals surface area contributed by atoms with E-state index in [4.69, 9.17) is 9.47 Å². The molecule has 0 saturated carbocycles. The zero-order chi connectivity index (χ0) is 18.2. The molecule has 1 saturated heterocycles. The molecular formula is C22H23NO3. The molecule has 0 aliphatic carbocycles. The molecule has 1 aliphatic heterocycles. The predicted molar refractivity (Wildman–Crippen MR) is 101 cm³/mol. The van der Waals surface area contributed by atoms with Gasteiger partial charge >= 0.3 is 0 Å². The lowest BCUT2D eigenvalue weighted by Crippen LogP contribution is -2.40. The zero-order valence-corrected chi connectivity index (χ0v) is 15.0. The van der Waals surface area contributed by atoms with E-state index < -0.39 is 0 Å². The van der Waals surface area contributed by atoms with Crippen LogP contribution < -0.4 is 4.74 Å². The fraction of sp³-hybridized carbons (Fsp3) is 0.318. The molecule has 134 valence electrons. The highest BCUT2D eigenvalue weighted by molar-refractivity contribution is 5.94. The second-order valence-electron chi connectivity index (χ2n) is 6.23. The van der Waals surface area contributed by atoms with E-state index in [1.54, 1.807) is 12.0 Å². The maximum atomic E-state index is 12.2. The van der Waals surface area contributed by atoms with Gasteiger partial charge < -0.3 is 14.4 Å². The van der Waals surface area contributed by atoms with Crippen molar-refractivity contribution in [2.45, 2.75) is 25.6 Å². The standard InChI is InChI=1S/C22H23NO3/c1-25-21-10-6-5-9-19(21)17-26-20-13-15-23(16-14-20)22(24)12-11-18-7-3-2-4-8-18/h2-10,20H,13-17H2,1H3. The summed E-state index contributed by atoms with van der Waals surface area (Å²) >= 11 is 0. The van der Waals surface area contributed by atoms with E-state index >= 15 is 0 Å². The van der Waals surface area contributed by atoms with Crippen LogP contribution in [0.1, 0.15) is 24.0 Å². The number of likely N-dealkylation sites (tertiary alicyclic amines) is 1. The predicted octanol–water partition coefficient (Wildman–Crippen LogP) is 3.25. The van der Waals surface area contributed by atoms with Crippen LogP contribution in [0.3, 0.4) is 0 Å². The van der Waals surface area contributed by atoms with E-state index in [-0.39, 0.29) is 12.0 Å². The maximum absolute atomic E-state index is 12.2. The summed E-state index contributed by atoms with van der Waals surface area (Å²) in [4.78, 5) is 14.0. The first kappa shape index (κ1) is 18.0. The molecular weight excluding hydrogens is 326 g/mol. The summed E-state index contributed by atoms with van der Waals surface area (Å²) in [5.74, 6) is 6.39. The molecule has 0 atom stereocenters. The van der Waals surface area contributed by atoms with Crippen LogP contribution in [0.4, 0.5) is 0 Å². The Hall–Kier alpha value is -2.77. The van der Waals surface area contributed by atoms with Crippen LogP contribution >= 0.6 is 0 Å².